The molecule has 0 saturated heterocycles. The molecule has 0 unspecified atom stereocenters. The molecule has 21 aromatic rings. The summed E-state index contributed by atoms with van der Waals surface area (Å²) in [6.07, 6.45) is 4.49. The van der Waals surface area contributed by atoms with Crippen LogP contribution in [0.25, 0.3) is 135 Å². The quantitative estimate of drug-likeness (QED) is 0.0925. The van der Waals surface area contributed by atoms with Crippen molar-refractivity contribution in [3.63, 3.8) is 0 Å². The zero-order valence-corrected chi connectivity index (χ0v) is 84.2. The molecule has 0 aliphatic heterocycles. The van der Waals surface area contributed by atoms with Gasteiger partial charge in [-0.15, -0.1) is 323 Å². The largest absolute Gasteiger partial charge is 3.00 e. The Morgan fingerprint density at radius 1 is 0.209 bits per heavy atom. The second kappa shape index (κ2) is 59.1. The van der Waals surface area contributed by atoms with Crippen molar-refractivity contribution in [2.45, 2.75) is 67.4 Å². The Balaban J connectivity index is 0.000000175. The van der Waals surface area contributed by atoms with Crippen molar-refractivity contribution in [3.05, 3.63) is 562 Å². The minimum Gasteiger partial charge on any atom is -0.305 e. The minimum absolute atomic E-state index is 0. The Morgan fingerprint density at radius 2 is 0.410 bits per heavy atom. The predicted octanol–water partition coefficient (Wildman–Crippen LogP) is 30.9. The van der Waals surface area contributed by atoms with Crippen LogP contribution in [0.5, 0.6) is 0 Å². The van der Waals surface area contributed by atoms with Crippen LogP contribution < -0.4 is 0 Å². The third-order valence-electron chi connectivity index (χ3n) is 20.2. The fraction of sp³-hybridized carbons (Fsp3) is 0.0787. The van der Waals surface area contributed by atoms with Crippen molar-refractivity contribution in [1.29, 1.82) is 0 Å². The van der Waals surface area contributed by atoms with E-state index in [-0.39, 0.29) is 71.7 Å². The summed E-state index contributed by atoms with van der Waals surface area (Å²) in [5, 5.41) is 0. The average molecular weight is 2350 g/mol. The molecule has 12 heteroatoms. The van der Waals surface area contributed by atoms with E-state index in [1.54, 1.807) is 88.2 Å². The fourth-order valence-electron chi connectivity index (χ4n) is 13.5. The first kappa shape index (κ1) is 89.2. The molecule has 139 heavy (non-hydrogen) atoms. The van der Waals surface area contributed by atoms with Crippen LogP contribution in [0.2, 0.25) is 0 Å². The number of rotatable bonds is 15. The number of hydrogen-bond donors (Lipinski definition) is 0. The summed E-state index contributed by atoms with van der Waals surface area (Å²) in [5.74, 6) is 0. The Kier molecular flexibility index (Phi) is 37.9. The van der Waals surface area contributed by atoms with E-state index in [1.807, 2.05) is 402 Å². The molecule has 9 heterocycles. The molecule has 0 spiro atoms. The van der Waals surface area contributed by atoms with Crippen molar-refractivity contribution in [3.8, 4) is 135 Å². The SMILES string of the molecule is Cc1cccc(-c2[c-]cccc2)n1.Cc1cccc(-c2[c-]cccc2)n1.[2H]C([2H])(C)c1cc(-c2[c-]cccc2)ncc1-c1ccccc1.[2H]C([2H])(C)c1cc(-c2[c-]cccc2)ncc1-c1ccccc1.[2H]C([2H])(C)c1cc(-c2[c-]cccc2)ncc1-c1ccccc1.[2H]C([2H])([2H])c1cccc(-c2[c-]cccc2)n1.[2H]C([2H])([2H])c1cccc(-c2[c-]cccc2)n1.[Ir+3].[Ir+3].[Ir+3].[c-]1ccccc1-c1ccccn1.[c-]1ccccc1-c1ccccn1. The molecule has 0 aliphatic rings. The Bertz CT molecular complexity index is 6920. The van der Waals surface area contributed by atoms with Gasteiger partial charge in [0.1, 0.15) is 0 Å². The van der Waals surface area contributed by atoms with Gasteiger partial charge in [-0.05, 0) is 168 Å². The normalized spacial score (nSPS) is 11.7. The monoisotopic (exact) mass is 2350 g/mol. The molecule has 0 amide bonds. The summed E-state index contributed by atoms with van der Waals surface area (Å²) in [4.78, 5) is 39.0. The molecular weight excluding hydrogens is 2230 g/mol. The number of aryl methyl sites for hydroxylation is 7. The third-order valence-corrected chi connectivity index (χ3v) is 20.2. The number of benzene rings is 12. The van der Waals surface area contributed by atoms with Crippen LogP contribution in [-0.2, 0) is 79.4 Å². The minimum atomic E-state index is -2.16. The van der Waals surface area contributed by atoms with Gasteiger partial charge in [-0.2, -0.15) is 0 Å². The Hall–Kier alpha value is -15.1. The second-order valence-corrected chi connectivity index (χ2v) is 29.8. The van der Waals surface area contributed by atoms with E-state index < -0.39 is 32.8 Å². The van der Waals surface area contributed by atoms with Gasteiger partial charge in [0, 0.05) is 86.9 Å². The summed E-state index contributed by atoms with van der Waals surface area (Å²) in [5.41, 5.74) is 25.4. The van der Waals surface area contributed by atoms with Crippen LogP contribution >= 0.6 is 0 Å². The number of nitrogens with zero attached hydrogens (tertiary/aromatic N) is 9. The van der Waals surface area contributed by atoms with Gasteiger partial charge < -0.3 is 44.9 Å². The maximum Gasteiger partial charge on any atom is 3.00 e. The molecule has 9 aromatic heterocycles. The number of aromatic nitrogens is 9. The van der Waals surface area contributed by atoms with Crippen molar-refractivity contribution in [2.24, 2.45) is 0 Å². The standard InChI is InChI=1S/3C19H16N.4C12H10N.2C11H8N.3Ir/c3*1-2-15-13-19(17-11-7-4-8-12-17)20-14-18(15)16-9-5-3-6-10-16;4*1-10-6-5-9-12(13-10)11-7-3-2-4-8-11;2*1-2-6-10(7-3-1)11-8-4-5-9-12-11;;;/h3*3-11,13-14H,2H2,1H3;4*2-7,9H,1H3;2*1-6,8-9H;;;/q9*-1;3*+3/i3*2D2;2*1D3;;;;;;;. The second-order valence-electron chi connectivity index (χ2n) is 29.8. The van der Waals surface area contributed by atoms with Gasteiger partial charge in [0.2, 0.25) is 0 Å². The Morgan fingerprint density at radius 3 is 0.612 bits per heavy atom. The summed E-state index contributed by atoms with van der Waals surface area (Å²) in [6.45, 7) is 4.39. The zero-order chi connectivity index (χ0) is 105. The molecule has 0 atom stereocenters. The van der Waals surface area contributed by atoms with Crippen molar-refractivity contribution < 1.29 is 76.8 Å². The molecule has 0 radical (unpaired) electrons. The molecule has 684 valence electrons. The first-order valence-corrected chi connectivity index (χ1v) is 44.0. The first-order valence-electron chi connectivity index (χ1n) is 50.0. The predicted molar refractivity (Wildman–Crippen MR) is 560 cm³/mol. The molecule has 12 aromatic carbocycles. The summed E-state index contributed by atoms with van der Waals surface area (Å²) in [7, 11) is 0. The molecule has 9 nitrogen and oxygen atoms in total. The van der Waals surface area contributed by atoms with Gasteiger partial charge in [0.15, 0.2) is 0 Å². The number of hydrogen-bond acceptors (Lipinski definition) is 9. The van der Waals surface area contributed by atoms with Gasteiger partial charge in [0.05, 0.1) is 0 Å². The van der Waals surface area contributed by atoms with Crippen LogP contribution in [0.3, 0.4) is 0 Å². The molecule has 0 bridgehead atoms. The van der Waals surface area contributed by atoms with Crippen LogP contribution in [0, 0.1) is 82.1 Å². The van der Waals surface area contributed by atoms with Crippen LogP contribution in [0.4, 0.5) is 0 Å². The van der Waals surface area contributed by atoms with Crippen molar-refractivity contribution in [2.75, 3.05) is 0 Å². The van der Waals surface area contributed by atoms with Crippen LogP contribution in [-0.4, -0.2) is 44.9 Å². The smallest absolute Gasteiger partial charge is 0.305 e. The van der Waals surface area contributed by atoms with Gasteiger partial charge >= 0.3 is 60.3 Å². The van der Waals surface area contributed by atoms with E-state index in [1.165, 1.54) is 12.1 Å². The number of pyridine rings is 9. The van der Waals surface area contributed by atoms with Crippen LogP contribution in [0.15, 0.2) is 468 Å². The van der Waals surface area contributed by atoms with E-state index in [4.69, 9.17) is 16.4 Å². The molecule has 0 N–H and O–H groups in total. The van der Waals surface area contributed by atoms with E-state index in [9.17, 15) is 0 Å². The van der Waals surface area contributed by atoms with Gasteiger partial charge in [-0.1, -0.05) is 203 Å². The van der Waals surface area contributed by atoms with E-state index in [0.29, 0.717) is 28.1 Å². The molecule has 0 aliphatic carbocycles. The van der Waals surface area contributed by atoms with Gasteiger partial charge in [0.25, 0.3) is 0 Å². The van der Waals surface area contributed by atoms with Crippen molar-refractivity contribution in [1.82, 2.24) is 44.9 Å². The summed E-state index contributed by atoms with van der Waals surface area (Å²) in [6, 6.07) is 165. The maximum absolute atomic E-state index is 8.15. The summed E-state index contributed by atoms with van der Waals surface area (Å²) < 4.78 is 92.7. The van der Waals surface area contributed by atoms with E-state index in [0.717, 1.165) is 135 Å². The van der Waals surface area contributed by atoms with Crippen molar-refractivity contribution >= 4 is 0 Å². The third kappa shape index (κ3) is 34.0. The molecular formula is C127H104Ir3N9. The summed E-state index contributed by atoms with van der Waals surface area (Å²) >= 11 is 0. The molecule has 0 fully saturated rings. The van der Waals surface area contributed by atoms with E-state index in [2.05, 4.69) is 99.5 Å². The Labute approximate surface area is 879 Å². The fourth-order valence-corrected chi connectivity index (χ4v) is 13.5. The topological polar surface area (TPSA) is 116 Å². The average Bonchev–Trinajstić information content (AvgIpc) is 0.792. The van der Waals surface area contributed by atoms with Crippen LogP contribution in [0.1, 0.15) is 76.7 Å². The van der Waals surface area contributed by atoms with E-state index >= 15 is 0 Å². The first-order chi connectivity index (χ1) is 71.5. The zero-order valence-electron chi connectivity index (χ0n) is 89.0. The van der Waals surface area contributed by atoms with Gasteiger partial charge in [-0.3, -0.25) is 0 Å². The molecule has 0 saturated carbocycles. The van der Waals surface area contributed by atoms with Gasteiger partial charge in [-0.25, -0.2) is 0 Å². The maximum atomic E-state index is 8.15. The molecule has 21 rings (SSSR count).